The number of thioether (sulfide) groups is 1. The summed E-state index contributed by atoms with van der Waals surface area (Å²) in [6.07, 6.45) is 0.784. The predicted octanol–water partition coefficient (Wildman–Crippen LogP) is 6.77. The molecule has 12 heteroatoms. The summed E-state index contributed by atoms with van der Waals surface area (Å²) >= 11 is 1.60. The van der Waals surface area contributed by atoms with Crippen molar-refractivity contribution in [2.45, 2.75) is 70.4 Å². The molecular formula is C31H34F4N2O5S. The van der Waals surface area contributed by atoms with Crippen LogP contribution in [0.25, 0.3) is 11.8 Å². The van der Waals surface area contributed by atoms with Crippen LogP contribution in [0.15, 0.2) is 29.8 Å². The van der Waals surface area contributed by atoms with Crippen molar-refractivity contribution in [2.75, 3.05) is 6.26 Å². The van der Waals surface area contributed by atoms with E-state index in [0.29, 0.717) is 43.5 Å². The van der Waals surface area contributed by atoms with Crippen LogP contribution < -0.4 is 0 Å². The molecule has 2 aromatic rings. The maximum Gasteiger partial charge on any atom is 0.490 e. The summed E-state index contributed by atoms with van der Waals surface area (Å²) in [5.41, 5.74) is 3.03. The van der Waals surface area contributed by atoms with Gasteiger partial charge in [0, 0.05) is 17.2 Å². The van der Waals surface area contributed by atoms with E-state index in [0.717, 1.165) is 22.5 Å². The zero-order valence-corrected chi connectivity index (χ0v) is 24.9. The number of carbonyl (C=O) groups excluding carboxylic acids is 2. The smallest absolute Gasteiger partial charge is 0.455 e. The van der Waals surface area contributed by atoms with Gasteiger partial charge in [0.25, 0.3) is 0 Å². The van der Waals surface area contributed by atoms with Gasteiger partial charge in [-0.25, -0.2) is 18.7 Å². The number of ether oxygens (including phenoxy) is 1. The summed E-state index contributed by atoms with van der Waals surface area (Å²) in [4.78, 5) is 29.0. The van der Waals surface area contributed by atoms with Crippen LogP contribution in [0.5, 0.6) is 0 Å². The van der Waals surface area contributed by atoms with Crippen LogP contribution in [0.4, 0.5) is 17.6 Å². The average molecular weight is 623 g/mol. The molecule has 1 aromatic heterocycles. The zero-order valence-electron chi connectivity index (χ0n) is 24.1. The number of alkyl halides is 3. The van der Waals surface area contributed by atoms with Crippen molar-refractivity contribution in [1.82, 2.24) is 9.78 Å². The van der Waals surface area contributed by atoms with Crippen molar-refractivity contribution in [3.05, 3.63) is 52.6 Å². The number of benzene rings is 1. The molecule has 3 fully saturated rings. The molecule has 0 radical (unpaired) electrons. The first-order valence-electron chi connectivity index (χ1n) is 14.5. The molecule has 0 aliphatic heterocycles. The summed E-state index contributed by atoms with van der Waals surface area (Å²) in [5, 5.41) is 14.1. The average Bonchev–Trinajstić information content (AvgIpc) is 3.47. The number of hydrogen-bond donors (Lipinski definition) is 1. The van der Waals surface area contributed by atoms with Gasteiger partial charge in [-0.05, 0) is 97.8 Å². The Hall–Kier alpha value is -2.86. The van der Waals surface area contributed by atoms with Gasteiger partial charge in [-0.3, -0.25) is 0 Å². The Labute approximate surface area is 250 Å². The zero-order chi connectivity index (χ0) is 30.9. The highest BCUT2D eigenvalue weighted by molar-refractivity contribution is 7.97. The van der Waals surface area contributed by atoms with Crippen molar-refractivity contribution in [2.24, 2.45) is 34.5 Å². The number of allylic oxidation sites excluding steroid dienone is 1. The number of carbonyl (C=O) groups is 2. The molecular weight excluding hydrogens is 588 g/mol. The third-order valence-corrected chi connectivity index (χ3v) is 11.4. The Morgan fingerprint density at radius 3 is 2.53 bits per heavy atom. The molecule has 1 N–H and O–H groups in total. The monoisotopic (exact) mass is 622 g/mol. The van der Waals surface area contributed by atoms with Gasteiger partial charge in [0.05, 0.1) is 23.0 Å². The minimum absolute atomic E-state index is 0.0187. The van der Waals surface area contributed by atoms with Gasteiger partial charge in [-0.2, -0.15) is 35.3 Å². The molecule has 4 aliphatic carbocycles. The van der Waals surface area contributed by atoms with Crippen molar-refractivity contribution >= 4 is 29.8 Å². The Morgan fingerprint density at radius 2 is 1.88 bits per heavy atom. The Bertz CT molecular complexity index is 1470. The first-order chi connectivity index (χ1) is 20.3. The number of halogens is 4. The fourth-order valence-electron chi connectivity index (χ4n) is 9.09. The third kappa shape index (κ3) is 4.79. The molecule has 3 saturated carbocycles. The molecule has 0 amide bonds. The number of hydrogen-bond acceptors (Lipinski definition) is 7. The summed E-state index contributed by atoms with van der Waals surface area (Å²) in [5.74, 6) is -4.04. The lowest BCUT2D eigenvalue weighted by Crippen LogP contribution is -2.58. The van der Waals surface area contributed by atoms with E-state index in [-0.39, 0.29) is 24.1 Å². The maximum absolute atomic E-state index is 13.7. The molecule has 4 aliphatic rings. The lowest BCUT2D eigenvalue weighted by molar-refractivity contribution is -0.246. The molecule has 0 spiro atoms. The second-order valence-electron chi connectivity index (χ2n) is 12.9. The predicted molar refractivity (Wildman–Crippen MR) is 150 cm³/mol. The van der Waals surface area contributed by atoms with Crippen molar-refractivity contribution in [3.8, 4) is 5.69 Å². The molecule has 1 aromatic carbocycles. The van der Waals surface area contributed by atoms with Gasteiger partial charge in [-0.15, -0.1) is 0 Å². The highest BCUT2D eigenvalue weighted by atomic mass is 32.2. The molecule has 43 heavy (non-hydrogen) atoms. The second-order valence-corrected chi connectivity index (χ2v) is 13.8. The van der Waals surface area contributed by atoms with Crippen LogP contribution in [0.3, 0.4) is 0 Å². The number of aromatic nitrogens is 2. The number of rotatable bonds is 5. The normalized spacial score (nSPS) is 33.0. The topological polar surface area (TPSA) is 90.7 Å². The number of nitrogens with zero attached hydrogens (tertiary/aromatic N) is 2. The van der Waals surface area contributed by atoms with Gasteiger partial charge in [-0.1, -0.05) is 19.4 Å². The lowest BCUT2D eigenvalue weighted by Gasteiger charge is -2.60. The Balaban J connectivity index is 1.45. The van der Waals surface area contributed by atoms with Crippen molar-refractivity contribution in [3.63, 3.8) is 0 Å². The summed E-state index contributed by atoms with van der Waals surface area (Å²) in [6.45, 7) is 3.91. The molecule has 0 unspecified atom stereocenters. The molecule has 6 rings (SSSR count). The van der Waals surface area contributed by atoms with Crippen molar-refractivity contribution < 1.29 is 42.0 Å². The standard InChI is InChI=1S/C31H34F4N2O5S/c1-29-13-20-23(15-43-3)36-37(18-7-5-17(32)6-8-18)24(20)12-16(29)4-9-19-21-10-11-22(27(38)42-40)30(21,2)14-25(26(19)29)41-28(39)31(33,34)35/h5-8,12,19,21-22,25-26,40H,4,9-11,13-15H2,1-3H3/t19-,21-,22-,25-,26+,29-,30-/m0/s1. The van der Waals surface area contributed by atoms with E-state index in [1.807, 2.05) is 13.2 Å². The van der Waals surface area contributed by atoms with Crippen molar-refractivity contribution in [1.29, 1.82) is 0 Å². The number of esters is 1. The van der Waals surface area contributed by atoms with E-state index in [9.17, 15) is 32.4 Å². The SMILES string of the molecule is CSCc1nn(-c2ccc(F)cc2)c2c1C[C@@]1(C)C(=C2)CC[C@@H]2[C@@H]1[C@@H](OC(=O)C(F)(F)F)C[C@]1(C)[C@H](C(=O)OO)CC[C@@H]21. The molecule has 7 atom stereocenters. The number of fused-ring (bicyclic) bond motifs is 6. The van der Waals surface area contributed by atoms with Gasteiger partial charge >= 0.3 is 18.1 Å². The van der Waals surface area contributed by atoms with Crippen LogP contribution in [0, 0.1) is 40.3 Å². The quantitative estimate of drug-likeness (QED) is 0.170. The highest BCUT2D eigenvalue weighted by Crippen LogP contribution is 2.67. The van der Waals surface area contributed by atoms with E-state index < -0.39 is 46.9 Å². The fraction of sp³-hybridized carbons (Fsp3) is 0.581. The van der Waals surface area contributed by atoms with Gasteiger partial charge in [0.1, 0.15) is 11.9 Å². The molecule has 7 nitrogen and oxygen atoms in total. The summed E-state index contributed by atoms with van der Waals surface area (Å²) in [6, 6.07) is 6.08. The molecule has 1 heterocycles. The first-order valence-corrected chi connectivity index (χ1v) is 15.9. The Morgan fingerprint density at radius 1 is 1.16 bits per heavy atom. The van der Waals surface area contributed by atoms with E-state index in [1.165, 1.54) is 12.1 Å². The minimum Gasteiger partial charge on any atom is -0.455 e. The summed E-state index contributed by atoms with van der Waals surface area (Å²) in [7, 11) is 0. The van der Waals surface area contributed by atoms with E-state index in [1.54, 1.807) is 28.6 Å². The fourth-order valence-corrected chi connectivity index (χ4v) is 9.59. The van der Waals surface area contributed by atoms with Crippen LogP contribution in [0.1, 0.15) is 62.9 Å². The maximum atomic E-state index is 13.7. The van der Waals surface area contributed by atoms with E-state index in [4.69, 9.17) is 9.84 Å². The molecule has 0 saturated heterocycles. The Kier molecular flexibility index (Phi) is 7.47. The molecule has 232 valence electrons. The largest absolute Gasteiger partial charge is 0.490 e. The van der Waals surface area contributed by atoms with Gasteiger partial charge in [0.15, 0.2) is 0 Å². The van der Waals surface area contributed by atoms with Crippen LogP contribution >= 0.6 is 11.8 Å². The van der Waals surface area contributed by atoms with Crippen LogP contribution in [-0.4, -0.2) is 45.5 Å². The van der Waals surface area contributed by atoms with Gasteiger partial charge < -0.3 is 9.62 Å². The molecule has 0 bridgehead atoms. The van der Waals surface area contributed by atoms with Gasteiger partial charge in [0.2, 0.25) is 0 Å². The van der Waals surface area contributed by atoms with E-state index in [2.05, 4.69) is 17.9 Å². The van der Waals surface area contributed by atoms with Crippen LogP contribution in [0.2, 0.25) is 0 Å². The highest BCUT2D eigenvalue weighted by Gasteiger charge is 2.65. The second kappa shape index (κ2) is 10.6. The lowest BCUT2D eigenvalue weighted by atomic mass is 9.46. The van der Waals surface area contributed by atoms with Crippen LogP contribution in [-0.2, 0) is 31.4 Å². The minimum atomic E-state index is -5.16. The summed E-state index contributed by atoms with van der Waals surface area (Å²) < 4.78 is 61.6. The first kappa shape index (κ1) is 30.2. The third-order valence-electron chi connectivity index (χ3n) is 10.8. The van der Waals surface area contributed by atoms with E-state index >= 15 is 0 Å².